The van der Waals surface area contributed by atoms with Crippen LogP contribution in [0.1, 0.15) is 19.8 Å². The van der Waals surface area contributed by atoms with E-state index >= 15 is 0 Å². The lowest BCUT2D eigenvalue weighted by molar-refractivity contribution is 0.164. The Morgan fingerprint density at radius 3 is 2.60 bits per heavy atom. The first-order valence-corrected chi connectivity index (χ1v) is 6.93. The first-order chi connectivity index (χ1) is 9.72. The molecule has 1 aliphatic heterocycles. The van der Waals surface area contributed by atoms with Gasteiger partial charge in [0.25, 0.3) is 0 Å². The van der Waals surface area contributed by atoms with Crippen molar-refractivity contribution in [3.63, 3.8) is 0 Å². The van der Waals surface area contributed by atoms with Gasteiger partial charge in [-0.3, -0.25) is 5.43 Å². The zero-order valence-electron chi connectivity index (χ0n) is 12.1. The number of rotatable bonds is 7. The van der Waals surface area contributed by atoms with Crippen molar-refractivity contribution >= 4 is 17.8 Å². The lowest BCUT2D eigenvalue weighted by atomic mass is 10.2. The molecule has 1 fully saturated rings. The fourth-order valence-electron chi connectivity index (χ4n) is 2.18. The molecular weight excluding hydrogens is 258 g/mol. The van der Waals surface area contributed by atoms with Crippen molar-refractivity contribution in [3.8, 4) is 0 Å². The molecule has 2 rings (SSSR count). The zero-order valence-corrected chi connectivity index (χ0v) is 12.1. The van der Waals surface area contributed by atoms with Gasteiger partial charge in [0.15, 0.2) is 0 Å². The molecule has 0 aromatic carbocycles. The van der Waals surface area contributed by atoms with E-state index in [0.717, 1.165) is 19.6 Å². The number of anilines is 3. The Labute approximate surface area is 119 Å². The molecule has 0 amide bonds. The van der Waals surface area contributed by atoms with E-state index in [1.54, 1.807) is 7.11 Å². The molecule has 4 N–H and O–H groups in total. The van der Waals surface area contributed by atoms with E-state index in [1.165, 1.54) is 12.8 Å². The van der Waals surface area contributed by atoms with Gasteiger partial charge >= 0.3 is 0 Å². The Balaban J connectivity index is 2.05. The van der Waals surface area contributed by atoms with Crippen LogP contribution in [0.15, 0.2) is 0 Å². The van der Waals surface area contributed by atoms with Crippen LogP contribution in [0.3, 0.4) is 0 Å². The van der Waals surface area contributed by atoms with Gasteiger partial charge in [0, 0.05) is 26.7 Å². The number of nitrogens with zero attached hydrogens (tertiary/aromatic N) is 4. The first kappa shape index (κ1) is 14.7. The molecule has 0 bridgehead atoms. The monoisotopic (exact) mass is 281 g/mol. The lowest BCUT2D eigenvalue weighted by Crippen LogP contribution is -2.24. The van der Waals surface area contributed by atoms with Crippen LogP contribution in [0.5, 0.6) is 0 Å². The van der Waals surface area contributed by atoms with Crippen molar-refractivity contribution in [2.24, 2.45) is 11.8 Å². The van der Waals surface area contributed by atoms with E-state index in [0.29, 0.717) is 30.4 Å². The first-order valence-electron chi connectivity index (χ1n) is 6.93. The number of hydrazine groups is 1. The van der Waals surface area contributed by atoms with Gasteiger partial charge in [-0.1, -0.05) is 6.92 Å². The third-order valence-corrected chi connectivity index (χ3v) is 3.20. The maximum atomic E-state index is 5.42. The predicted octanol–water partition coefficient (Wildman–Crippen LogP) is 0.452. The van der Waals surface area contributed by atoms with Gasteiger partial charge in [0.05, 0.1) is 6.61 Å². The van der Waals surface area contributed by atoms with Gasteiger partial charge in [0.1, 0.15) is 0 Å². The summed E-state index contributed by atoms with van der Waals surface area (Å²) in [5, 5.41) is 3.20. The van der Waals surface area contributed by atoms with Gasteiger partial charge in [-0.05, 0) is 18.8 Å². The molecule has 8 nitrogen and oxygen atoms in total. The van der Waals surface area contributed by atoms with Crippen LogP contribution in [-0.2, 0) is 4.74 Å². The molecule has 112 valence electrons. The summed E-state index contributed by atoms with van der Waals surface area (Å²) in [6.07, 6.45) is 2.34. The second kappa shape index (κ2) is 7.20. The van der Waals surface area contributed by atoms with Crippen molar-refractivity contribution in [2.45, 2.75) is 19.8 Å². The highest BCUT2D eigenvalue weighted by molar-refractivity contribution is 5.43. The van der Waals surface area contributed by atoms with Crippen LogP contribution < -0.4 is 21.5 Å². The Hall–Kier alpha value is -1.67. The van der Waals surface area contributed by atoms with Crippen LogP contribution >= 0.6 is 0 Å². The van der Waals surface area contributed by atoms with Crippen molar-refractivity contribution in [1.29, 1.82) is 0 Å². The summed E-state index contributed by atoms with van der Waals surface area (Å²) in [5.41, 5.74) is 2.49. The molecule has 20 heavy (non-hydrogen) atoms. The molecule has 1 unspecified atom stereocenters. The van der Waals surface area contributed by atoms with E-state index in [9.17, 15) is 0 Å². The number of nitrogen functional groups attached to an aromatic ring is 1. The normalized spacial score (nSPS) is 16.2. The molecule has 0 aliphatic carbocycles. The Morgan fingerprint density at radius 2 is 1.95 bits per heavy atom. The Bertz CT molecular complexity index is 422. The smallest absolute Gasteiger partial charge is 0.243 e. The SMILES string of the molecule is COCC(C)CNc1nc(NN)nc(N2CCCC2)n1. The average Bonchev–Trinajstić information content (AvgIpc) is 2.99. The van der Waals surface area contributed by atoms with Crippen LogP contribution in [0.25, 0.3) is 0 Å². The third-order valence-electron chi connectivity index (χ3n) is 3.20. The molecule has 1 aliphatic rings. The molecule has 0 radical (unpaired) electrons. The molecule has 0 saturated carbocycles. The maximum absolute atomic E-state index is 5.42. The van der Waals surface area contributed by atoms with Crippen LogP contribution in [0.2, 0.25) is 0 Å². The van der Waals surface area contributed by atoms with Gasteiger partial charge < -0.3 is 15.0 Å². The van der Waals surface area contributed by atoms with Crippen molar-refractivity contribution in [3.05, 3.63) is 0 Å². The van der Waals surface area contributed by atoms with Crippen LogP contribution in [-0.4, -0.2) is 48.3 Å². The minimum Gasteiger partial charge on any atom is -0.384 e. The van der Waals surface area contributed by atoms with E-state index in [4.69, 9.17) is 10.6 Å². The Kier molecular flexibility index (Phi) is 5.31. The van der Waals surface area contributed by atoms with Gasteiger partial charge in [0.2, 0.25) is 17.8 Å². The highest BCUT2D eigenvalue weighted by Crippen LogP contribution is 2.18. The molecule has 1 aromatic rings. The molecule has 0 spiro atoms. The summed E-state index contributed by atoms with van der Waals surface area (Å²) >= 11 is 0. The summed E-state index contributed by atoms with van der Waals surface area (Å²) < 4.78 is 5.11. The highest BCUT2D eigenvalue weighted by atomic mass is 16.5. The summed E-state index contributed by atoms with van der Waals surface area (Å²) in [7, 11) is 1.70. The molecule has 8 heteroatoms. The third kappa shape index (κ3) is 3.91. The maximum Gasteiger partial charge on any atom is 0.243 e. The number of hydrogen-bond donors (Lipinski definition) is 3. The number of nitrogens with two attached hydrogens (primary N) is 1. The van der Waals surface area contributed by atoms with E-state index in [2.05, 4.69) is 37.5 Å². The second-order valence-electron chi connectivity index (χ2n) is 5.06. The lowest BCUT2D eigenvalue weighted by Gasteiger charge is -2.17. The summed E-state index contributed by atoms with van der Waals surface area (Å²) in [4.78, 5) is 15.1. The topological polar surface area (TPSA) is 101 Å². The minimum atomic E-state index is 0.376. The largest absolute Gasteiger partial charge is 0.384 e. The van der Waals surface area contributed by atoms with Crippen molar-refractivity contribution in [1.82, 2.24) is 15.0 Å². The standard InChI is InChI=1S/C12H23N7O/c1-9(8-20-2)7-14-10-15-11(18-13)17-12(16-10)19-5-3-4-6-19/h9H,3-8,13H2,1-2H3,(H2,14,15,16,17,18). The summed E-state index contributed by atoms with van der Waals surface area (Å²) in [6.45, 7) is 5.49. The second-order valence-corrected chi connectivity index (χ2v) is 5.06. The summed E-state index contributed by atoms with van der Waals surface area (Å²) in [5.74, 6) is 7.39. The number of hydrogen-bond acceptors (Lipinski definition) is 8. The summed E-state index contributed by atoms with van der Waals surface area (Å²) in [6, 6.07) is 0. The van der Waals surface area contributed by atoms with E-state index < -0.39 is 0 Å². The fraction of sp³-hybridized carbons (Fsp3) is 0.750. The minimum absolute atomic E-state index is 0.376. The predicted molar refractivity (Wildman–Crippen MR) is 78.6 cm³/mol. The van der Waals surface area contributed by atoms with Gasteiger partial charge in [-0.25, -0.2) is 5.84 Å². The quantitative estimate of drug-likeness (QED) is 0.489. The number of nitrogens with one attached hydrogen (secondary N) is 2. The van der Waals surface area contributed by atoms with E-state index in [-0.39, 0.29) is 0 Å². The molecule has 1 saturated heterocycles. The molecule has 2 heterocycles. The van der Waals surface area contributed by atoms with Crippen LogP contribution in [0, 0.1) is 5.92 Å². The number of ether oxygens (including phenoxy) is 1. The zero-order chi connectivity index (χ0) is 14.4. The van der Waals surface area contributed by atoms with Gasteiger partial charge in [-0.15, -0.1) is 0 Å². The van der Waals surface area contributed by atoms with Crippen molar-refractivity contribution < 1.29 is 4.74 Å². The number of aromatic nitrogens is 3. The average molecular weight is 281 g/mol. The molecule has 1 aromatic heterocycles. The highest BCUT2D eigenvalue weighted by Gasteiger charge is 2.17. The number of methoxy groups -OCH3 is 1. The fourth-order valence-corrected chi connectivity index (χ4v) is 2.18. The van der Waals surface area contributed by atoms with Gasteiger partial charge in [-0.2, -0.15) is 15.0 Å². The van der Waals surface area contributed by atoms with Crippen LogP contribution in [0.4, 0.5) is 17.8 Å². The molecular formula is C12H23N7O. The van der Waals surface area contributed by atoms with E-state index in [1.807, 2.05) is 0 Å². The Morgan fingerprint density at radius 1 is 1.25 bits per heavy atom. The molecule has 1 atom stereocenters. The van der Waals surface area contributed by atoms with Crippen molar-refractivity contribution in [2.75, 3.05) is 49.0 Å².